The first-order valence-corrected chi connectivity index (χ1v) is 7.38. The molecule has 2 aromatic heterocycles. The predicted octanol–water partition coefficient (Wildman–Crippen LogP) is 3.22. The molecule has 3 rings (SSSR count). The summed E-state index contributed by atoms with van der Waals surface area (Å²) in [5.41, 5.74) is 1.24. The van der Waals surface area contributed by atoms with Crippen LogP contribution in [0.1, 0.15) is 34.5 Å². The molecule has 0 spiro atoms. The summed E-state index contributed by atoms with van der Waals surface area (Å²) in [6.07, 6.45) is 3.51. The SMILES string of the molecule is c1csc(Cc2nc(C3CCCN3)cs2)c1. The van der Waals surface area contributed by atoms with Crippen molar-refractivity contribution in [1.82, 2.24) is 10.3 Å². The molecular formula is C12H14N2S2. The highest BCUT2D eigenvalue weighted by atomic mass is 32.1. The lowest BCUT2D eigenvalue weighted by molar-refractivity contribution is 0.630. The van der Waals surface area contributed by atoms with Crippen LogP contribution in [0, 0.1) is 0 Å². The quantitative estimate of drug-likeness (QED) is 0.904. The van der Waals surface area contributed by atoms with Crippen molar-refractivity contribution in [2.75, 3.05) is 6.54 Å². The third-order valence-corrected chi connectivity index (χ3v) is 4.64. The Morgan fingerprint density at radius 3 is 3.19 bits per heavy atom. The van der Waals surface area contributed by atoms with E-state index in [1.54, 1.807) is 11.3 Å². The van der Waals surface area contributed by atoms with E-state index in [9.17, 15) is 0 Å². The van der Waals surface area contributed by atoms with Gasteiger partial charge in [-0.15, -0.1) is 22.7 Å². The lowest BCUT2D eigenvalue weighted by Gasteiger charge is -2.04. The number of thiophene rings is 1. The number of hydrogen-bond acceptors (Lipinski definition) is 4. The van der Waals surface area contributed by atoms with Crippen molar-refractivity contribution in [2.24, 2.45) is 0 Å². The first-order chi connectivity index (χ1) is 7.92. The molecular weight excluding hydrogens is 236 g/mol. The van der Waals surface area contributed by atoms with Gasteiger partial charge in [0.2, 0.25) is 0 Å². The highest BCUT2D eigenvalue weighted by Gasteiger charge is 2.18. The highest BCUT2D eigenvalue weighted by molar-refractivity contribution is 7.11. The Morgan fingerprint density at radius 2 is 2.44 bits per heavy atom. The van der Waals surface area contributed by atoms with Crippen LogP contribution < -0.4 is 5.32 Å². The van der Waals surface area contributed by atoms with E-state index in [1.807, 2.05) is 11.3 Å². The number of thiazole rings is 1. The van der Waals surface area contributed by atoms with Crippen LogP contribution in [-0.2, 0) is 6.42 Å². The number of nitrogens with one attached hydrogen (secondary N) is 1. The largest absolute Gasteiger partial charge is 0.309 e. The van der Waals surface area contributed by atoms with Crippen LogP contribution in [0.15, 0.2) is 22.9 Å². The number of rotatable bonds is 3. The molecule has 1 atom stereocenters. The van der Waals surface area contributed by atoms with Crippen LogP contribution in [-0.4, -0.2) is 11.5 Å². The summed E-state index contributed by atoms with van der Waals surface area (Å²) in [7, 11) is 0. The van der Waals surface area contributed by atoms with Gasteiger partial charge in [-0.3, -0.25) is 0 Å². The molecule has 0 bridgehead atoms. The van der Waals surface area contributed by atoms with Gasteiger partial charge in [-0.2, -0.15) is 0 Å². The third-order valence-electron chi connectivity index (χ3n) is 2.89. The van der Waals surface area contributed by atoms with Gasteiger partial charge in [0.15, 0.2) is 0 Å². The summed E-state index contributed by atoms with van der Waals surface area (Å²) < 4.78 is 0. The second-order valence-corrected chi connectivity index (χ2v) is 6.05. The predicted molar refractivity (Wildman–Crippen MR) is 69.2 cm³/mol. The van der Waals surface area contributed by atoms with E-state index in [1.165, 1.54) is 28.4 Å². The topological polar surface area (TPSA) is 24.9 Å². The maximum atomic E-state index is 4.73. The molecule has 1 N–H and O–H groups in total. The fourth-order valence-electron chi connectivity index (χ4n) is 2.07. The summed E-state index contributed by atoms with van der Waals surface area (Å²) in [5.74, 6) is 0. The zero-order chi connectivity index (χ0) is 10.8. The highest BCUT2D eigenvalue weighted by Crippen LogP contribution is 2.26. The molecule has 2 nitrogen and oxygen atoms in total. The Labute approximate surface area is 103 Å². The van der Waals surface area contributed by atoms with Crippen LogP contribution in [0.2, 0.25) is 0 Å². The fourth-order valence-corrected chi connectivity index (χ4v) is 3.74. The second-order valence-electron chi connectivity index (χ2n) is 4.07. The second kappa shape index (κ2) is 4.65. The van der Waals surface area contributed by atoms with E-state index < -0.39 is 0 Å². The minimum absolute atomic E-state index is 0.508. The lowest BCUT2D eigenvalue weighted by Crippen LogP contribution is -2.13. The minimum atomic E-state index is 0.508. The summed E-state index contributed by atoms with van der Waals surface area (Å²) in [5, 5.41) is 9.08. The average molecular weight is 250 g/mol. The van der Waals surface area contributed by atoms with Gasteiger partial charge in [-0.05, 0) is 30.8 Å². The molecule has 16 heavy (non-hydrogen) atoms. The molecule has 1 aliphatic rings. The fraction of sp³-hybridized carbons (Fsp3) is 0.417. The maximum Gasteiger partial charge on any atom is 0.0981 e. The minimum Gasteiger partial charge on any atom is -0.309 e. The smallest absolute Gasteiger partial charge is 0.0981 e. The Kier molecular flexibility index (Phi) is 3.04. The lowest BCUT2D eigenvalue weighted by atomic mass is 10.2. The molecule has 0 aliphatic carbocycles. The summed E-state index contributed by atoms with van der Waals surface area (Å²) >= 11 is 3.60. The third kappa shape index (κ3) is 2.19. The van der Waals surface area contributed by atoms with Crippen molar-refractivity contribution in [3.05, 3.63) is 38.5 Å². The van der Waals surface area contributed by atoms with Gasteiger partial charge in [0.25, 0.3) is 0 Å². The van der Waals surface area contributed by atoms with E-state index in [0.29, 0.717) is 6.04 Å². The van der Waals surface area contributed by atoms with E-state index in [2.05, 4.69) is 28.2 Å². The van der Waals surface area contributed by atoms with E-state index in [-0.39, 0.29) is 0 Å². The monoisotopic (exact) mass is 250 g/mol. The van der Waals surface area contributed by atoms with E-state index in [4.69, 9.17) is 4.98 Å². The van der Waals surface area contributed by atoms with Gasteiger partial charge < -0.3 is 5.32 Å². The Balaban J connectivity index is 1.72. The Bertz CT molecular complexity index is 441. The van der Waals surface area contributed by atoms with Gasteiger partial charge in [0.1, 0.15) is 0 Å². The first kappa shape index (κ1) is 10.4. The standard InChI is InChI=1S/C12H14N2S2/c1-4-10(13-5-1)11-8-16-12(14-11)7-9-3-2-6-15-9/h2-3,6,8,10,13H,1,4-5,7H2. The van der Waals surface area contributed by atoms with E-state index in [0.717, 1.165) is 13.0 Å². The summed E-state index contributed by atoms with van der Waals surface area (Å²) in [6.45, 7) is 1.14. The first-order valence-electron chi connectivity index (χ1n) is 5.62. The summed E-state index contributed by atoms with van der Waals surface area (Å²) in [6, 6.07) is 4.79. The van der Waals surface area contributed by atoms with Gasteiger partial charge in [0, 0.05) is 16.7 Å². The molecule has 0 radical (unpaired) electrons. The number of nitrogens with zero attached hydrogens (tertiary/aromatic N) is 1. The Hall–Kier alpha value is -0.710. The van der Waals surface area contributed by atoms with Crippen LogP contribution in [0.3, 0.4) is 0 Å². The van der Waals surface area contributed by atoms with Crippen molar-refractivity contribution in [2.45, 2.75) is 25.3 Å². The molecule has 1 aliphatic heterocycles. The molecule has 1 unspecified atom stereocenters. The van der Waals surface area contributed by atoms with Crippen LogP contribution in [0.5, 0.6) is 0 Å². The normalized spacial score (nSPS) is 20.4. The molecule has 0 aromatic carbocycles. The number of hydrogen-bond donors (Lipinski definition) is 1. The van der Waals surface area contributed by atoms with Crippen molar-refractivity contribution < 1.29 is 0 Å². The molecule has 2 aromatic rings. The Morgan fingerprint density at radius 1 is 1.44 bits per heavy atom. The van der Waals surface area contributed by atoms with Crippen molar-refractivity contribution >= 4 is 22.7 Å². The zero-order valence-electron chi connectivity index (χ0n) is 8.98. The van der Waals surface area contributed by atoms with Gasteiger partial charge in [0.05, 0.1) is 16.7 Å². The van der Waals surface area contributed by atoms with Crippen molar-refractivity contribution in [3.63, 3.8) is 0 Å². The van der Waals surface area contributed by atoms with Gasteiger partial charge in [-0.1, -0.05) is 6.07 Å². The summed E-state index contributed by atoms with van der Waals surface area (Å²) in [4.78, 5) is 6.13. The van der Waals surface area contributed by atoms with Crippen molar-refractivity contribution in [3.8, 4) is 0 Å². The average Bonchev–Trinajstić information content (AvgIpc) is 2.99. The zero-order valence-corrected chi connectivity index (χ0v) is 10.6. The van der Waals surface area contributed by atoms with Crippen LogP contribution in [0.4, 0.5) is 0 Å². The van der Waals surface area contributed by atoms with Crippen LogP contribution in [0.25, 0.3) is 0 Å². The molecule has 3 heterocycles. The maximum absolute atomic E-state index is 4.73. The van der Waals surface area contributed by atoms with Crippen LogP contribution >= 0.6 is 22.7 Å². The molecule has 0 amide bonds. The molecule has 84 valence electrons. The van der Waals surface area contributed by atoms with Gasteiger partial charge in [-0.25, -0.2) is 4.98 Å². The molecule has 1 fully saturated rings. The molecule has 1 saturated heterocycles. The molecule has 0 saturated carbocycles. The van der Waals surface area contributed by atoms with Gasteiger partial charge >= 0.3 is 0 Å². The van der Waals surface area contributed by atoms with E-state index >= 15 is 0 Å². The number of aromatic nitrogens is 1. The van der Waals surface area contributed by atoms with Crippen molar-refractivity contribution in [1.29, 1.82) is 0 Å². The molecule has 4 heteroatoms.